The third kappa shape index (κ3) is 52.5. The second kappa shape index (κ2) is 39.7. The molecule has 0 aliphatic heterocycles. The third-order valence-corrected chi connectivity index (χ3v) is 10.1. The molecule has 0 saturated carbocycles. The third-order valence-electron chi connectivity index (χ3n) is 6.02. The number of allylic oxidation sites excluding steroid dienone is 2. The zero-order valence-electron chi connectivity index (χ0n) is 25.0. The molecule has 4 nitrogen and oxygen atoms in total. The molecule has 0 radical (unpaired) electrons. The van der Waals surface area contributed by atoms with E-state index in [0.29, 0.717) is 0 Å². The van der Waals surface area contributed by atoms with Gasteiger partial charge in [0.05, 0.1) is 11.9 Å². The number of carboxylic acids is 2. The van der Waals surface area contributed by atoms with Crippen molar-refractivity contribution in [1.29, 1.82) is 0 Å². The molecular formula is C32H60O4Sn. The van der Waals surface area contributed by atoms with Crippen LogP contribution in [0.25, 0.3) is 0 Å². The van der Waals surface area contributed by atoms with Gasteiger partial charge in [-0.2, -0.15) is 0 Å². The second-order valence-corrected chi connectivity index (χ2v) is 14.0. The zero-order valence-corrected chi connectivity index (χ0v) is 27.9. The first kappa shape index (κ1) is 40.7. The van der Waals surface area contributed by atoms with E-state index in [-0.39, 0.29) is 21.1 Å². The van der Waals surface area contributed by atoms with E-state index in [1.807, 2.05) is 0 Å². The van der Waals surface area contributed by atoms with Crippen molar-refractivity contribution < 1.29 is 19.8 Å². The molecule has 0 N–H and O–H groups in total. The number of unbranched alkanes of at least 4 members (excludes halogenated alkanes) is 18. The number of rotatable bonds is 24. The van der Waals surface area contributed by atoms with Crippen molar-refractivity contribution in [3.8, 4) is 0 Å². The van der Waals surface area contributed by atoms with Gasteiger partial charge in [0.2, 0.25) is 0 Å². The molecule has 0 spiro atoms. The summed E-state index contributed by atoms with van der Waals surface area (Å²) >= 11 is 0.0377. The van der Waals surface area contributed by atoms with Crippen molar-refractivity contribution in [3.05, 3.63) is 24.3 Å². The molecule has 0 amide bonds. The fourth-order valence-corrected chi connectivity index (χ4v) is 7.44. The molecule has 0 bridgehead atoms. The normalized spacial score (nSPS) is 10.5. The number of hydrogen-bond acceptors (Lipinski definition) is 4. The van der Waals surface area contributed by atoms with Crippen molar-refractivity contribution >= 4 is 33.1 Å². The van der Waals surface area contributed by atoms with Crippen molar-refractivity contribution in [2.45, 2.75) is 165 Å². The molecule has 0 aromatic heterocycles. The molecule has 0 aliphatic rings. The second-order valence-electron chi connectivity index (χ2n) is 9.75. The van der Waals surface area contributed by atoms with E-state index in [4.69, 9.17) is 0 Å². The Bertz CT molecular complexity index is 459. The van der Waals surface area contributed by atoms with E-state index in [0.717, 1.165) is 12.2 Å². The average molecular weight is 628 g/mol. The Kier molecular flexibility index (Phi) is 43.7. The summed E-state index contributed by atoms with van der Waals surface area (Å²) in [4.78, 5) is 18.8. The molecule has 0 heterocycles. The van der Waals surface area contributed by atoms with Crippen LogP contribution >= 0.6 is 0 Å². The Labute approximate surface area is 241 Å². The predicted molar refractivity (Wildman–Crippen MR) is 159 cm³/mol. The summed E-state index contributed by atoms with van der Waals surface area (Å²) in [5, 5.41) is 18.8. The molecule has 0 fully saturated rings. The van der Waals surface area contributed by atoms with Crippen LogP contribution in [0.2, 0.25) is 8.87 Å². The zero-order chi connectivity index (χ0) is 28.2. The summed E-state index contributed by atoms with van der Waals surface area (Å²) in [5.41, 5.74) is 0. The van der Waals surface area contributed by atoms with Gasteiger partial charge >= 0.3 is 172 Å². The van der Waals surface area contributed by atoms with E-state index in [9.17, 15) is 19.8 Å². The summed E-state index contributed by atoms with van der Waals surface area (Å²) in [6.45, 7) is 7.85. The number of aliphatic carboxylic acids is 2. The number of carbonyl (C=O) groups is 2. The Morgan fingerprint density at radius 3 is 0.919 bits per heavy atom. The number of carbonyl (C=O) groups excluding carboxylic acids is 2. The maximum absolute atomic E-state index is 9.40. The van der Waals surface area contributed by atoms with Crippen LogP contribution in [-0.4, -0.2) is 33.1 Å². The molecule has 0 rings (SSSR count). The Morgan fingerprint density at radius 1 is 0.486 bits per heavy atom. The van der Waals surface area contributed by atoms with Crippen molar-refractivity contribution in [2.75, 3.05) is 0 Å². The van der Waals surface area contributed by atoms with Crippen LogP contribution in [-0.2, 0) is 9.59 Å². The Balaban J connectivity index is -0.000000790. The van der Waals surface area contributed by atoms with Gasteiger partial charge in [0.1, 0.15) is 0 Å². The summed E-state index contributed by atoms with van der Waals surface area (Å²) in [7, 11) is 0. The van der Waals surface area contributed by atoms with Gasteiger partial charge < -0.3 is 19.8 Å². The molecule has 37 heavy (non-hydrogen) atoms. The van der Waals surface area contributed by atoms with Crippen molar-refractivity contribution in [3.63, 3.8) is 0 Å². The van der Waals surface area contributed by atoms with Crippen molar-refractivity contribution in [2.24, 2.45) is 0 Å². The Hall–Kier alpha value is -0.781. The molecule has 216 valence electrons. The van der Waals surface area contributed by atoms with Crippen LogP contribution in [0, 0.1) is 0 Å². The fourth-order valence-electron chi connectivity index (χ4n) is 3.87. The molecular weight excluding hydrogens is 567 g/mol. The van der Waals surface area contributed by atoms with Crippen LogP contribution in [0.4, 0.5) is 0 Å². The van der Waals surface area contributed by atoms with Crippen LogP contribution in [0.5, 0.6) is 0 Å². The SMILES string of the molecule is C/C=C\C(=O)[O-].C/C=C\C(=O)[O-].CCCCCCCCCCC[CH2][Sn+2][CH2]CCCCCCCCCCC. The molecule has 0 atom stereocenters. The Morgan fingerprint density at radius 2 is 0.730 bits per heavy atom. The van der Waals surface area contributed by atoms with Gasteiger partial charge in [0, 0.05) is 0 Å². The van der Waals surface area contributed by atoms with Gasteiger partial charge in [0.25, 0.3) is 0 Å². The van der Waals surface area contributed by atoms with E-state index >= 15 is 0 Å². The quantitative estimate of drug-likeness (QED) is 0.0617. The van der Waals surface area contributed by atoms with Crippen LogP contribution in [0.1, 0.15) is 156 Å². The summed E-state index contributed by atoms with van der Waals surface area (Å²) in [6.07, 6.45) is 34.6. The van der Waals surface area contributed by atoms with E-state index < -0.39 is 11.9 Å². The van der Waals surface area contributed by atoms with Gasteiger partial charge in [-0.05, 0) is 26.0 Å². The minimum absolute atomic E-state index is 0.0377. The van der Waals surface area contributed by atoms with Gasteiger partial charge in [-0.15, -0.1) is 0 Å². The first-order chi connectivity index (χ1) is 18.0. The predicted octanol–water partition coefficient (Wildman–Crippen LogP) is 7.99. The first-order valence-electron chi connectivity index (χ1n) is 15.3. The molecule has 0 aromatic rings. The van der Waals surface area contributed by atoms with E-state index in [2.05, 4.69) is 13.8 Å². The molecule has 0 aromatic carbocycles. The maximum atomic E-state index is 9.40. The van der Waals surface area contributed by atoms with Crippen LogP contribution in [0.15, 0.2) is 24.3 Å². The van der Waals surface area contributed by atoms with Gasteiger partial charge in [0.15, 0.2) is 0 Å². The van der Waals surface area contributed by atoms with Gasteiger partial charge in [-0.1, -0.05) is 12.2 Å². The average Bonchev–Trinajstić information content (AvgIpc) is 2.85. The monoisotopic (exact) mass is 628 g/mol. The van der Waals surface area contributed by atoms with Crippen LogP contribution < -0.4 is 10.2 Å². The molecule has 0 saturated heterocycles. The van der Waals surface area contributed by atoms with Gasteiger partial charge in [-0.25, -0.2) is 0 Å². The topological polar surface area (TPSA) is 80.3 Å². The fraction of sp³-hybridized carbons (Fsp3) is 0.812. The minimum atomic E-state index is -1.14. The van der Waals surface area contributed by atoms with Crippen LogP contribution in [0.3, 0.4) is 0 Å². The first-order valence-corrected chi connectivity index (χ1v) is 19.4. The van der Waals surface area contributed by atoms with E-state index in [1.54, 1.807) is 35.6 Å². The number of carboxylic acid groups (broad SMARTS) is 2. The molecule has 0 aliphatic carbocycles. The van der Waals surface area contributed by atoms with Gasteiger partial charge in [-0.3, -0.25) is 0 Å². The standard InChI is InChI=1S/2C12H25.2C4H6O2.Sn/c2*1-3-5-7-9-11-12-10-8-6-4-2;2*1-2-3-4(5)6;/h2*1,3-12H2,2H3;2*2-3H,1H3,(H,5,6);/q;;;;+2/p-2/b;;2*3-2-;. The summed E-state index contributed by atoms with van der Waals surface area (Å²) < 4.78 is 3.33. The van der Waals surface area contributed by atoms with E-state index in [1.165, 1.54) is 128 Å². The molecule has 5 heteroatoms. The number of hydrogen-bond donors (Lipinski definition) is 0. The molecule has 0 unspecified atom stereocenters. The summed E-state index contributed by atoms with van der Waals surface area (Å²) in [6, 6.07) is 0. The summed E-state index contributed by atoms with van der Waals surface area (Å²) in [5.74, 6) is -2.28. The van der Waals surface area contributed by atoms with Crippen molar-refractivity contribution in [1.82, 2.24) is 0 Å².